The van der Waals surface area contributed by atoms with Crippen LogP contribution in [0.15, 0.2) is 36.4 Å². The Morgan fingerprint density at radius 2 is 2.04 bits per heavy atom. The van der Waals surface area contributed by atoms with Crippen molar-refractivity contribution in [3.05, 3.63) is 42.1 Å². The predicted octanol–water partition coefficient (Wildman–Crippen LogP) is 1.21. The van der Waals surface area contributed by atoms with Gasteiger partial charge in [-0.1, -0.05) is 24.3 Å². The number of hydrogen-bond donors (Lipinski definition) is 1. The second-order valence-electron chi connectivity index (χ2n) is 5.77. The lowest BCUT2D eigenvalue weighted by atomic mass is 10.0. The average Bonchev–Trinajstić information content (AvgIpc) is 2.60. The molecule has 0 saturated carbocycles. The molecular formula is C17H19N3O3. The van der Waals surface area contributed by atoms with Gasteiger partial charge in [0.15, 0.2) is 5.60 Å². The Morgan fingerprint density at radius 3 is 2.83 bits per heavy atom. The fraction of sp³-hybridized carbons (Fsp3) is 0.353. The van der Waals surface area contributed by atoms with E-state index in [1.165, 1.54) is 0 Å². The monoisotopic (exact) mass is 313 g/mol. The molecule has 1 atom stereocenters. The smallest absolute Gasteiger partial charge is 0.272 e. The van der Waals surface area contributed by atoms with E-state index in [0.717, 1.165) is 10.9 Å². The molecule has 2 amide bonds. The highest BCUT2D eigenvalue weighted by molar-refractivity contribution is 5.95. The van der Waals surface area contributed by atoms with E-state index in [4.69, 9.17) is 4.74 Å². The fourth-order valence-corrected chi connectivity index (χ4v) is 2.79. The van der Waals surface area contributed by atoms with Crippen LogP contribution in [-0.2, 0) is 9.53 Å². The van der Waals surface area contributed by atoms with Crippen molar-refractivity contribution in [2.45, 2.75) is 12.5 Å². The molecule has 1 fully saturated rings. The molecule has 6 heteroatoms. The van der Waals surface area contributed by atoms with Crippen LogP contribution in [0.3, 0.4) is 0 Å². The number of nitrogens with one attached hydrogen (secondary N) is 1. The summed E-state index contributed by atoms with van der Waals surface area (Å²) in [5.74, 6) is -0.421. The highest BCUT2D eigenvalue weighted by Gasteiger charge is 2.40. The number of likely N-dealkylation sites (N-methyl/N-ethyl adjacent to an activating group) is 1. The molecule has 1 aromatic carbocycles. The Hall–Kier alpha value is -2.47. The zero-order chi connectivity index (χ0) is 16.4. The van der Waals surface area contributed by atoms with Crippen LogP contribution in [0.2, 0.25) is 0 Å². The minimum atomic E-state index is -1.03. The third kappa shape index (κ3) is 2.90. The molecule has 1 saturated heterocycles. The number of carbonyl (C=O) groups is 2. The van der Waals surface area contributed by atoms with Gasteiger partial charge in [0.1, 0.15) is 5.69 Å². The van der Waals surface area contributed by atoms with Crippen LogP contribution in [0, 0.1) is 0 Å². The van der Waals surface area contributed by atoms with Gasteiger partial charge in [0.25, 0.3) is 11.8 Å². The van der Waals surface area contributed by atoms with E-state index < -0.39 is 5.60 Å². The molecule has 0 bridgehead atoms. The molecule has 1 aromatic heterocycles. The molecule has 0 radical (unpaired) electrons. The number of aromatic nitrogens is 1. The second-order valence-corrected chi connectivity index (χ2v) is 5.77. The first-order valence-corrected chi connectivity index (χ1v) is 7.55. The fourth-order valence-electron chi connectivity index (χ4n) is 2.79. The van der Waals surface area contributed by atoms with Crippen LogP contribution in [-0.4, -0.2) is 54.0 Å². The van der Waals surface area contributed by atoms with Crippen molar-refractivity contribution in [2.75, 3.05) is 26.7 Å². The predicted molar refractivity (Wildman–Crippen MR) is 86.1 cm³/mol. The number of carbonyl (C=O) groups excluding carboxylic acids is 2. The van der Waals surface area contributed by atoms with E-state index in [2.05, 4.69) is 10.3 Å². The summed E-state index contributed by atoms with van der Waals surface area (Å²) in [6.07, 6.45) is 0. The largest absolute Gasteiger partial charge is 0.362 e. The molecule has 0 unspecified atom stereocenters. The lowest BCUT2D eigenvalue weighted by Gasteiger charge is -2.38. The van der Waals surface area contributed by atoms with Gasteiger partial charge < -0.3 is 15.0 Å². The summed E-state index contributed by atoms with van der Waals surface area (Å²) in [7, 11) is 1.56. The van der Waals surface area contributed by atoms with Gasteiger partial charge in [-0.05, 0) is 19.1 Å². The van der Waals surface area contributed by atoms with Gasteiger partial charge in [0.05, 0.1) is 18.7 Å². The van der Waals surface area contributed by atoms with E-state index in [9.17, 15) is 9.59 Å². The Balaban J connectivity index is 1.85. The van der Waals surface area contributed by atoms with Gasteiger partial charge in [0.2, 0.25) is 0 Å². The molecule has 1 aliphatic heterocycles. The van der Waals surface area contributed by atoms with Crippen LogP contribution in [0.4, 0.5) is 0 Å². The van der Waals surface area contributed by atoms with Crippen molar-refractivity contribution >= 4 is 22.7 Å². The lowest BCUT2D eigenvalue weighted by molar-refractivity contribution is -0.153. The number of pyridine rings is 1. The van der Waals surface area contributed by atoms with E-state index in [1.807, 2.05) is 30.3 Å². The molecule has 0 spiro atoms. The van der Waals surface area contributed by atoms with Gasteiger partial charge in [-0.3, -0.25) is 9.59 Å². The molecule has 2 aromatic rings. The van der Waals surface area contributed by atoms with Crippen molar-refractivity contribution < 1.29 is 14.3 Å². The number of fused-ring (bicyclic) bond motifs is 1. The summed E-state index contributed by atoms with van der Waals surface area (Å²) in [4.78, 5) is 30.7. The van der Waals surface area contributed by atoms with Crippen molar-refractivity contribution in [1.29, 1.82) is 0 Å². The first kappa shape index (κ1) is 15.4. The summed E-state index contributed by atoms with van der Waals surface area (Å²) < 4.78 is 5.58. The highest BCUT2D eigenvalue weighted by atomic mass is 16.5. The van der Waals surface area contributed by atoms with Gasteiger partial charge in [-0.15, -0.1) is 0 Å². The SMILES string of the molecule is CNC(=O)[C@@]1(C)CN(C(=O)c2ccc3ccccc3n2)CCO1. The minimum Gasteiger partial charge on any atom is -0.362 e. The maximum atomic E-state index is 12.7. The number of nitrogens with zero attached hydrogens (tertiary/aromatic N) is 2. The quantitative estimate of drug-likeness (QED) is 0.905. The van der Waals surface area contributed by atoms with Crippen LogP contribution >= 0.6 is 0 Å². The lowest BCUT2D eigenvalue weighted by Crippen LogP contribution is -2.58. The molecule has 0 aliphatic carbocycles. The van der Waals surface area contributed by atoms with Gasteiger partial charge >= 0.3 is 0 Å². The summed E-state index contributed by atoms with van der Waals surface area (Å²) in [5, 5.41) is 3.57. The number of amides is 2. The van der Waals surface area contributed by atoms with Gasteiger partial charge in [0, 0.05) is 19.0 Å². The third-order valence-corrected chi connectivity index (χ3v) is 4.09. The van der Waals surface area contributed by atoms with Gasteiger partial charge in [-0.25, -0.2) is 4.98 Å². The maximum absolute atomic E-state index is 12.7. The third-order valence-electron chi connectivity index (χ3n) is 4.09. The standard InChI is InChI=1S/C17H19N3O3/c1-17(16(22)18-2)11-20(9-10-23-17)15(21)14-8-7-12-5-3-4-6-13(12)19-14/h3-8H,9-11H2,1-2H3,(H,18,22)/t17-/m1/s1. The average molecular weight is 313 g/mol. The molecule has 1 N–H and O–H groups in total. The molecule has 1 aliphatic rings. The number of para-hydroxylation sites is 1. The summed E-state index contributed by atoms with van der Waals surface area (Å²) in [6, 6.07) is 11.3. The van der Waals surface area contributed by atoms with Crippen molar-refractivity contribution in [3.8, 4) is 0 Å². The van der Waals surface area contributed by atoms with E-state index in [0.29, 0.717) is 18.8 Å². The van der Waals surface area contributed by atoms with Gasteiger partial charge in [-0.2, -0.15) is 0 Å². The van der Waals surface area contributed by atoms with Crippen LogP contribution in [0.1, 0.15) is 17.4 Å². The molecule has 2 heterocycles. The summed E-state index contributed by atoms with van der Waals surface area (Å²) >= 11 is 0. The number of morpholine rings is 1. The van der Waals surface area contributed by atoms with Crippen molar-refractivity contribution in [1.82, 2.24) is 15.2 Å². The Bertz CT molecular complexity index is 762. The maximum Gasteiger partial charge on any atom is 0.272 e. The number of benzene rings is 1. The Morgan fingerprint density at radius 1 is 1.26 bits per heavy atom. The van der Waals surface area contributed by atoms with Crippen LogP contribution in [0.5, 0.6) is 0 Å². The molecule has 3 rings (SSSR count). The van der Waals surface area contributed by atoms with Crippen molar-refractivity contribution in [3.63, 3.8) is 0 Å². The van der Waals surface area contributed by atoms with Crippen molar-refractivity contribution in [2.24, 2.45) is 0 Å². The zero-order valence-electron chi connectivity index (χ0n) is 13.2. The molecule has 23 heavy (non-hydrogen) atoms. The molecule has 6 nitrogen and oxygen atoms in total. The minimum absolute atomic E-state index is 0.186. The van der Waals surface area contributed by atoms with Crippen LogP contribution in [0.25, 0.3) is 10.9 Å². The summed E-state index contributed by atoms with van der Waals surface area (Å²) in [5.41, 5.74) is 0.130. The van der Waals surface area contributed by atoms with E-state index in [1.54, 1.807) is 24.9 Å². The van der Waals surface area contributed by atoms with E-state index in [-0.39, 0.29) is 18.4 Å². The Kier molecular flexibility index (Phi) is 4.00. The highest BCUT2D eigenvalue weighted by Crippen LogP contribution is 2.20. The number of rotatable bonds is 2. The topological polar surface area (TPSA) is 71.5 Å². The second kappa shape index (κ2) is 5.96. The first-order chi connectivity index (χ1) is 11.0. The number of hydrogen-bond acceptors (Lipinski definition) is 4. The zero-order valence-corrected chi connectivity index (χ0v) is 13.2. The summed E-state index contributed by atoms with van der Waals surface area (Å²) in [6.45, 7) is 2.67. The first-order valence-electron chi connectivity index (χ1n) is 7.55. The normalized spacial score (nSPS) is 21.2. The molecular weight excluding hydrogens is 294 g/mol. The van der Waals surface area contributed by atoms with Crippen LogP contribution < -0.4 is 5.32 Å². The Labute approximate surface area is 134 Å². The number of ether oxygens (including phenoxy) is 1. The van der Waals surface area contributed by atoms with E-state index >= 15 is 0 Å². The molecule has 120 valence electrons.